The van der Waals surface area contributed by atoms with Crippen molar-refractivity contribution in [3.05, 3.63) is 12.2 Å². The highest BCUT2D eigenvalue weighted by atomic mass is 16.2. The highest BCUT2D eigenvalue weighted by Gasteiger charge is 2.51. The average Bonchev–Trinajstić information content (AvgIpc) is 2.46. The molecule has 0 aromatic rings. The lowest BCUT2D eigenvalue weighted by Gasteiger charge is -2.56. The molecule has 0 aromatic heterocycles. The summed E-state index contributed by atoms with van der Waals surface area (Å²) in [5.41, 5.74) is 3.13. The smallest absolute Gasteiger partial charge is 0.240 e. The molecule has 5 aliphatic carbocycles. The average molecular weight is 300 g/mol. The first-order valence-electron chi connectivity index (χ1n) is 9.18. The first-order chi connectivity index (χ1) is 10.7. The van der Waals surface area contributed by atoms with Crippen LogP contribution < -0.4 is 5.43 Å². The van der Waals surface area contributed by atoms with Crippen LogP contribution in [0.1, 0.15) is 64.2 Å². The van der Waals surface area contributed by atoms with Crippen molar-refractivity contribution in [3.8, 4) is 0 Å². The normalized spacial score (nSPS) is 42.9. The number of nitrogens with one attached hydrogen (secondary N) is 1. The maximum Gasteiger partial charge on any atom is 0.240 e. The molecule has 5 aliphatic rings. The summed E-state index contributed by atoms with van der Waals surface area (Å²) in [4.78, 5) is 12.3. The van der Waals surface area contributed by atoms with Gasteiger partial charge in [-0.05, 0) is 86.9 Å². The van der Waals surface area contributed by atoms with E-state index in [1.54, 1.807) is 0 Å². The Bertz CT molecular complexity index is 458. The van der Waals surface area contributed by atoms with Gasteiger partial charge in [-0.1, -0.05) is 12.2 Å². The zero-order chi connectivity index (χ0) is 15.0. The van der Waals surface area contributed by atoms with Gasteiger partial charge in [-0.15, -0.1) is 0 Å². The van der Waals surface area contributed by atoms with E-state index >= 15 is 0 Å². The molecule has 0 spiro atoms. The number of rotatable bonds is 4. The van der Waals surface area contributed by atoms with Gasteiger partial charge in [0.1, 0.15) is 0 Å². The molecule has 3 heteroatoms. The van der Waals surface area contributed by atoms with Crippen LogP contribution in [0.4, 0.5) is 0 Å². The SMILES string of the molecule is O=C(CC12CC3CC(CC(C3)C1)C2)N/N=C\[C@@H]1CC=CCC1. The van der Waals surface area contributed by atoms with E-state index in [0.29, 0.717) is 17.8 Å². The van der Waals surface area contributed by atoms with E-state index in [0.717, 1.165) is 37.0 Å². The number of hydrazone groups is 1. The molecule has 1 amide bonds. The van der Waals surface area contributed by atoms with Crippen molar-refractivity contribution in [2.45, 2.75) is 64.2 Å². The van der Waals surface area contributed by atoms with Crippen molar-refractivity contribution in [1.82, 2.24) is 5.43 Å². The molecule has 120 valence electrons. The van der Waals surface area contributed by atoms with Crippen molar-refractivity contribution < 1.29 is 4.79 Å². The Morgan fingerprint density at radius 2 is 1.82 bits per heavy atom. The van der Waals surface area contributed by atoms with Gasteiger partial charge in [0, 0.05) is 12.6 Å². The standard InChI is InChI=1S/C19H28N2O/c22-18(21-20-13-14-4-2-1-3-5-14)12-19-9-15-6-16(10-19)8-17(7-15)11-19/h1-2,13-17H,3-12H2,(H,21,22)/b20-13-/t14-,15?,16?,17?,19?/m1/s1. The Labute approximate surface area is 133 Å². The molecule has 4 saturated carbocycles. The van der Waals surface area contributed by atoms with Crippen LogP contribution in [-0.2, 0) is 4.79 Å². The van der Waals surface area contributed by atoms with E-state index in [-0.39, 0.29) is 5.91 Å². The third-order valence-corrected chi connectivity index (χ3v) is 6.48. The summed E-state index contributed by atoms with van der Waals surface area (Å²) in [6.07, 6.45) is 18.7. The number of carbonyl (C=O) groups is 1. The van der Waals surface area contributed by atoms with Crippen LogP contribution in [0, 0.1) is 29.1 Å². The second kappa shape index (κ2) is 5.82. The minimum Gasteiger partial charge on any atom is -0.273 e. The summed E-state index contributed by atoms with van der Waals surface area (Å²) >= 11 is 0. The zero-order valence-corrected chi connectivity index (χ0v) is 13.5. The Morgan fingerprint density at radius 1 is 1.14 bits per heavy atom. The minimum absolute atomic E-state index is 0.143. The lowest BCUT2D eigenvalue weighted by atomic mass is 9.49. The third-order valence-electron chi connectivity index (χ3n) is 6.48. The fourth-order valence-electron chi connectivity index (χ4n) is 6.05. The molecular formula is C19H28N2O. The van der Waals surface area contributed by atoms with Crippen molar-refractivity contribution in [1.29, 1.82) is 0 Å². The molecule has 0 radical (unpaired) electrons. The number of hydrogen-bond acceptors (Lipinski definition) is 2. The Balaban J connectivity index is 1.30. The van der Waals surface area contributed by atoms with Gasteiger partial charge in [0.2, 0.25) is 5.91 Å². The second-order valence-corrected chi connectivity index (χ2v) is 8.45. The molecule has 1 N–H and O–H groups in total. The quantitative estimate of drug-likeness (QED) is 0.475. The predicted molar refractivity (Wildman–Crippen MR) is 88.3 cm³/mol. The second-order valence-electron chi connectivity index (χ2n) is 8.45. The molecule has 0 saturated heterocycles. The summed E-state index contributed by atoms with van der Waals surface area (Å²) in [5.74, 6) is 3.39. The monoisotopic (exact) mass is 300 g/mol. The van der Waals surface area contributed by atoms with Gasteiger partial charge in [0.05, 0.1) is 0 Å². The van der Waals surface area contributed by atoms with Crippen LogP contribution in [0.5, 0.6) is 0 Å². The third kappa shape index (κ3) is 3.00. The number of allylic oxidation sites excluding steroid dienone is 2. The van der Waals surface area contributed by atoms with E-state index in [1.807, 2.05) is 6.21 Å². The number of amides is 1. The lowest BCUT2D eigenvalue weighted by Crippen LogP contribution is -2.47. The van der Waals surface area contributed by atoms with Crippen molar-refractivity contribution in [3.63, 3.8) is 0 Å². The van der Waals surface area contributed by atoms with E-state index in [2.05, 4.69) is 22.7 Å². The van der Waals surface area contributed by atoms with Crippen LogP contribution in [0.2, 0.25) is 0 Å². The summed E-state index contributed by atoms with van der Waals surface area (Å²) < 4.78 is 0. The van der Waals surface area contributed by atoms with Crippen LogP contribution in [0.25, 0.3) is 0 Å². The molecule has 22 heavy (non-hydrogen) atoms. The molecule has 0 unspecified atom stereocenters. The van der Waals surface area contributed by atoms with Gasteiger partial charge in [-0.2, -0.15) is 5.10 Å². The maximum absolute atomic E-state index is 12.3. The predicted octanol–water partition coefficient (Wildman–Crippen LogP) is 4.05. The maximum atomic E-state index is 12.3. The van der Waals surface area contributed by atoms with Crippen LogP contribution >= 0.6 is 0 Å². The summed E-state index contributed by atoms with van der Waals surface area (Å²) in [7, 11) is 0. The molecular weight excluding hydrogens is 272 g/mol. The highest BCUT2D eigenvalue weighted by molar-refractivity contribution is 5.77. The minimum atomic E-state index is 0.143. The highest BCUT2D eigenvalue weighted by Crippen LogP contribution is 2.61. The molecule has 5 rings (SSSR count). The lowest BCUT2D eigenvalue weighted by molar-refractivity contribution is -0.129. The van der Waals surface area contributed by atoms with Crippen molar-refractivity contribution in [2.75, 3.05) is 0 Å². The zero-order valence-electron chi connectivity index (χ0n) is 13.5. The van der Waals surface area contributed by atoms with Crippen LogP contribution in [-0.4, -0.2) is 12.1 Å². The number of hydrogen-bond donors (Lipinski definition) is 1. The van der Waals surface area contributed by atoms with Crippen molar-refractivity contribution >= 4 is 12.1 Å². The van der Waals surface area contributed by atoms with Crippen LogP contribution in [0.15, 0.2) is 17.3 Å². The number of carbonyl (C=O) groups excluding carboxylic acids is 1. The van der Waals surface area contributed by atoms with Gasteiger partial charge < -0.3 is 0 Å². The molecule has 0 aromatic carbocycles. The van der Waals surface area contributed by atoms with Crippen LogP contribution in [0.3, 0.4) is 0 Å². The molecule has 3 nitrogen and oxygen atoms in total. The van der Waals surface area contributed by atoms with Crippen molar-refractivity contribution in [2.24, 2.45) is 34.2 Å². The van der Waals surface area contributed by atoms with E-state index < -0.39 is 0 Å². The number of nitrogens with zero attached hydrogens (tertiary/aromatic N) is 1. The fraction of sp³-hybridized carbons (Fsp3) is 0.789. The summed E-state index contributed by atoms with van der Waals surface area (Å²) in [5, 5.41) is 4.23. The van der Waals surface area contributed by atoms with Gasteiger partial charge in [-0.3, -0.25) is 4.79 Å². The Hall–Kier alpha value is -1.12. The summed E-state index contributed by atoms with van der Waals surface area (Å²) in [6, 6.07) is 0. The largest absolute Gasteiger partial charge is 0.273 e. The van der Waals surface area contributed by atoms with Gasteiger partial charge in [-0.25, -0.2) is 5.43 Å². The van der Waals surface area contributed by atoms with E-state index in [9.17, 15) is 4.79 Å². The molecule has 4 fully saturated rings. The fourth-order valence-corrected chi connectivity index (χ4v) is 6.05. The topological polar surface area (TPSA) is 41.5 Å². The molecule has 4 bridgehead atoms. The molecule has 0 heterocycles. The first-order valence-corrected chi connectivity index (χ1v) is 9.18. The Morgan fingerprint density at radius 3 is 2.41 bits per heavy atom. The van der Waals surface area contributed by atoms with Gasteiger partial charge >= 0.3 is 0 Å². The summed E-state index contributed by atoms with van der Waals surface area (Å²) in [6.45, 7) is 0. The van der Waals surface area contributed by atoms with Gasteiger partial charge in [0.25, 0.3) is 0 Å². The Kier molecular flexibility index (Phi) is 3.83. The molecule has 1 atom stereocenters. The van der Waals surface area contributed by atoms with E-state index in [4.69, 9.17) is 0 Å². The molecule has 0 aliphatic heterocycles. The van der Waals surface area contributed by atoms with Gasteiger partial charge in [0.15, 0.2) is 0 Å². The van der Waals surface area contributed by atoms with E-state index in [1.165, 1.54) is 38.5 Å². The first kappa shape index (κ1) is 14.5.